The number of ketones is 1. The molecule has 3 aliphatic rings. The molecule has 0 saturated carbocycles. The van der Waals surface area contributed by atoms with Gasteiger partial charge in [0, 0.05) is 35.9 Å². The van der Waals surface area contributed by atoms with Gasteiger partial charge in [0.15, 0.2) is 11.5 Å². The predicted molar refractivity (Wildman–Crippen MR) is 127 cm³/mol. The van der Waals surface area contributed by atoms with Crippen LogP contribution in [0.25, 0.3) is 0 Å². The fourth-order valence-corrected chi connectivity index (χ4v) is 6.69. The van der Waals surface area contributed by atoms with Gasteiger partial charge >= 0.3 is 0 Å². The SMILES string of the molecule is COC1=CC2[C@@H]3Cc4ccc(OC)c(C)c4[C@]2(CCN3C(=O)c2cc(C)cc(C)c2)CC1=O. The van der Waals surface area contributed by atoms with E-state index in [-0.39, 0.29) is 29.1 Å². The second-order valence-corrected chi connectivity index (χ2v) is 9.84. The topological polar surface area (TPSA) is 55.8 Å². The van der Waals surface area contributed by atoms with Gasteiger partial charge in [-0.15, -0.1) is 0 Å². The Morgan fingerprint density at radius 2 is 1.79 bits per heavy atom. The van der Waals surface area contributed by atoms with Gasteiger partial charge in [-0.2, -0.15) is 0 Å². The van der Waals surface area contributed by atoms with Gasteiger partial charge in [0.25, 0.3) is 5.91 Å². The normalized spacial score (nSPS) is 25.7. The number of methoxy groups -OCH3 is 2. The third-order valence-electron chi connectivity index (χ3n) is 7.93. The van der Waals surface area contributed by atoms with E-state index in [9.17, 15) is 9.59 Å². The smallest absolute Gasteiger partial charge is 0.254 e. The lowest BCUT2D eigenvalue weighted by molar-refractivity contribution is -0.122. The highest BCUT2D eigenvalue weighted by atomic mass is 16.5. The van der Waals surface area contributed by atoms with E-state index in [4.69, 9.17) is 9.47 Å². The van der Waals surface area contributed by atoms with Crippen molar-refractivity contribution in [3.05, 3.63) is 75.5 Å². The van der Waals surface area contributed by atoms with E-state index < -0.39 is 0 Å². The van der Waals surface area contributed by atoms with Crippen molar-refractivity contribution in [2.75, 3.05) is 20.8 Å². The molecule has 1 unspecified atom stereocenters. The molecule has 2 aromatic rings. The van der Waals surface area contributed by atoms with E-state index in [2.05, 4.69) is 19.1 Å². The molecule has 1 aliphatic heterocycles. The predicted octanol–water partition coefficient (Wildman–Crippen LogP) is 4.45. The molecule has 2 aromatic carbocycles. The van der Waals surface area contributed by atoms with E-state index in [1.165, 1.54) is 11.1 Å². The summed E-state index contributed by atoms with van der Waals surface area (Å²) in [4.78, 5) is 28.9. The number of hydrogen-bond donors (Lipinski definition) is 0. The fraction of sp³-hybridized carbons (Fsp3) is 0.429. The molecule has 1 saturated heterocycles. The van der Waals surface area contributed by atoms with Gasteiger partial charge in [0.05, 0.1) is 14.2 Å². The van der Waals surface area contributed by atoms with Crippen molar-refractivity contribution >= 4 is 11.7 Å². The number of likely N-dealkylation sites (tertiary alicyclic amines) is 1. The van der Waals surface area contributed by atoms with E-state index in [1.807, 2.05) is 43.0 Å². The lowest BCUT2D eigenvalue weighted by atomic mass is 9.53. The van der Waals surface area contributed by atoms with E-state index in [0.29, 0.717) is 18.7 Å². The van der Waals surface area contributed by atoms with Gasteiger partial charge in [-0.1, -0.05) is 23.3 Å². The molecular weight excluding hydrogens is 414 g/mol. The minimum absolute atomic E-state index is 0.0204. The Hall–Kier alpha value is -3.08. The number of benzene rings is 2. The first-order valence-corrected chi connectivity index (χ1v) is 11.6. The number of rotatable bonds is 3. The molecule has 1 amide bonds. The third-order valence-corrected chi connectivity index (χ3v) is 7.93. The summed E-state index contributed by atoms with van der Waals surface area (Å²) in [6.07, 6.45) is 3.90. The average molecular weight is 446 g/mol. The van der Waals surface area contributed by atoms with Crippen molar-refractivity contribution in [2.45, 2.75) is 51.5 Å². The number of nitrogens with zero attached hydrogens (tertiary/aromatic N) is 1. The maximum Gasteiger partial charge on any atom is 0.254 e. The van der Waals surface area contributed by atoms with Crippen LogP contribution in [0.4, 0.5) is 0 Å². The highest BCUT2D eigenvalue weighted by Crippen LogP contribution is 2.56. The Morgan fingerprint density at radius 3 is 2.45 bits per heavy atom. The number of amides is 1. The zero-order valence-electron chi connectivity index (χ0n) is 20.0. The number of Topliss-reactive ketones (excluding diaryl/α,β-unsaturated/α-hetero) is 1. The first kappa shape index (κ1) is 21.7. The highest BCUT2D eigenvalue weighted by Gasteiger charge is 2.57. The van der Waals surface area contributed by atoms with Gasteiger partial charge < -0.3 is 14.4 Å². The summed E-state index contributed by atoms with van der Waals surface area (Å²) in [7, 11) is 3.25. The van der Waals surface area contributed by atoms with Crippen molar-refractivity contribution in [1.29, 1.82) is 0 Å². The van der Waals surface area contributed by atoms with Crippen LogP contribution in [0, 0.1) is 26.7 Å². The first-order chi connectivity index (χ1) is 15.8. The number of allylic oxidation sites excluding steroid dienone is 1. The molecule has 0 N–H and O–H groups in total. The molecule has 2 bridgehead atoms. The summed E-state index contributed by atoms with van der Waals surface area (Å²) >= 11 is 0. The molecule has 3 atom stereocenters. The van der Waals surface area contributed by atoms with Crippen LogP contribution in [-0.2, 0) is 21.4 Å². The standard InChI is InChI=1S/C28H31NO4/c1-16-10-17(2)12-20(11-16)27(31)29-9-8-28-15-23(30)25(33-5)14-21(28)22(29)13-19-6-7-24(32-4)18(3)26(19)28/h6-7,10-12,14,21-22H,8-9,13,15H2,1-5H3/t21?,22-,28+/m0/s1. The second-order valence-electron chi connectivity index (χ2n) is 9.84. The molecule has 2 aliphatic carbocycles. The Labute approximate surface area is 195 Å². The van der Waals surface area contributed by atoms with Crippen LogP contribution in [0.2, 0.25) is 0 Å². The molecule has 172 valence electrons. The molecule has 5 heteroatoms. The summed E-state index contributed by atoms with van der Waals surface area (Å²) in [5.74, 6) is 1.40. The van der Waals surface area contributed by atoms with Crippen molar-refractivity contribution in [2.24, 2.45) is 5.92 Å². The van der Waals surface area contributed by atoms with Crippen LogP contribution < -0.4 is 4.74 Å². The number of hydrogen-bond acceptors (Lipinski definition) is 4. The Bertz CT molecular complexity index is 1180. The molecule has 33 heavy (non-hydrogen) atoms. The molecule has 1 heterocycles. The molecule has 5 rings (SSSR count). The average Bonchev–Trinajstić information content (AvgIpc) is 2.77. The maximum atomic E-state index is 13.8. The number of carbonyl (C=O) groups excluding carboxylic acids is 2. The van der Waals surface area contributed by atoms with E-state index in [1.54, 1.807) is 14.2 Å². The summed E-state index contributed by atoms with van der Waals surface area (Å²) in [5, 5.41) is 0. The lowest BCUT2D eigenvalue weighted by Gasteiger charge is -2.57. The largest absolute Gasteiger partial charge is 0.496 e. The van der Waals surface area contributed by atoms with Gasteiger partial charge in [-0.3, -0.25) is 9.59 Å². The van der Waals surface area contributed by atoms with Crippen LogP contribution >= 0.6 is 0 Å². The van der Waals surface area contributed by atoms with Gasteiger partial charge in [-0.25, -0.2) is 0 Å². The molecular formula is C28H31NO4. The Morgan fingerprint density at radius 1 is 1.06 bits per heavy atom. The second kappa shape index (κ2) is 7.75. The highest BCUT2D eigenvalue weighted by molar-refractivity contribution is 5.97. The van der Waals surface area contributed by atoms with E-state index >= 15 is 0 Å². The fourth-order valence-electron chi connectivity index (χ4n) is 6.69. The molecule has 0 aromatic heterocycles. The third kappa shape index (κ3) is 3.20. The van der Waals surface area contributed by atoms with Crippen LogP contribution in [-0.4, -0.2) is 43.4 Å². The number of aryl methyl sites for hydroxylation is 2. The zero-order chi connectivity index (χ0) is 23.5. The van der Waals surface area contributed by atoms with Crippen LogP contribution in [0.3, 0.4) is 0 Å². The summed E-state index contributed by atoms with van der Waals surface area (Å²) in [6.45, 7) is 6.78. The summed E-state index contributed by atoms with van der Waals surface area (Å²) in [5.41, 5.74) is 6.14. The van der Waals surface area contributed by atoms with Gasteiger partial charge in [-0.05, 0) is 74.6 Å². The number of fused-ring (bicyclic) bond motifs is 1. The quantitative estimate of drug-likeness (QED) is 0.701. The van der Waals surface area contributed by atoms with Crippen molar-refractivity contribution in [1.82, 2.24) is 4.90 Å². The van der Waals surface area contributed by atoms with E-state index in [0.717, 1.165) is 40.8 Å². The first-order valence-electron chi connectivity index (χ1n) is 11.6. The number of piperidine rings is 1. The maximum absolute atomic E-state index is 13.8. The van der Waals surface area contributed by atoms with Crippen LogP contribution in [0.15, 0.2) is 42.2 Å². The Balaban J connectivity index is 1.66. The van der Waals surface area contributed by atoms with Crippen molar-refractivity contribution in [3.63, 3.8) is 0 Å². The van der Waals surface area contributed by atoms with Crippen molar-refractivity contribution < 1.29 is 19.1 Å². The lowest BCUT2D eigenvalue weighted by Crippen LogP contribution is -2.62. The van der Waals surface area contributed by atoms with Crippen LogP contribution in [0.1, 0.15) is 51.0 Å². The summed E-state index contributed by atoms with van der Waals surface area (Å²) < 4.78 is 11.1. The minimum Gasteiger partial charge on any atom is -0.496 e. The summed E-state index contributed by atoms with van der Waals surface area (Å²) in [6, 6.07) is 10.2. The van der Waals surface area contributed by atoms with Crippen molar-refractivity contribution in [3.8, 4) is 5.75 Å². The van der Waals surface area contributed by atoms with Gasteiger partial charge in [0.1, 0.15) is 5.75 Å². The number of ether oxygens (including phenoxy) is 2. The molecule has 0 spiro atoms. The van der Waals surface area contributed by atoms with Crippen LogP contribution in [0.5, 0.6) is 5.75 Å². The Kier molecular flexibility index (Phi) is 5.11. The molecule has 1 fully saturated rings. The zero-order valence-corrected chi connectivity index (χ0v) is 20.0. The molecule has 5 nitrogen and oxygen atoms in total. The number of carbonyl (C=O) groups is 2. The monoisotopic (exact) mass is 445 g/mol. The minimum atomic E-state index is -0.338. The molecule has 0 radical (unpaired) electrons. The van der Waals surface area contributed by atoms with Gasteiger partial charge in [0.2, 0.25) is 0 Å².